The summed E-state index contributed by atoms with van der Waals surface area (Å²) >= 11 is 0. The quantitative estimate of drug-likeness (QED) is 0.797. The van der Waals surface area contributed by atoms with Crippen LogP contribution in [-0.2, 0) is 10.0 Å². The summed E-state index contributed by atoms with van der Waals surface area (Å²) in [5, 5.41) is 15.4. The molecule has 0 bridgehead atoms. The molecule has 0 fully saturated rings. The van der Waals surface area contributed by atoms with Crippen LogP contribution in [0.2, 0.25) is 0 Å². The van der Waals surface area contributed by atoms with Gasteiger partial charge in [0.05, 0.1) is 17.0 Å². The van der Waals surface area contributed by atoms with Crippen molar-refractivity contribution in [2.45, 2.75) is 25.7 Å². The highest BCUT2D eigenvalue weighted by atomic mass is 32.2. The number of nitrogens with one attached hydrogen (secondary N) is 2. The number of rotatable bonds is 4. The van der Waals surface area contributed by atoms with Crippen molar-refractivity contribution in [1.29, 1.82) is 0 Å². The molecule has 2 rings (SSSR count). The van der Waals surface area contributed by atoms with Gasteiger partial charge in [0.25, 0.3) is 10.0 Å². The zero-order chi connectivity index (χ0) is 15.8. The first-order chi connectivity index (χ1) is 9.72. The maximum atomic E-state index is 12.3. The number of aryl methyl sites for hydroxylation is 3. The van der Waals surface area contributed by atoms with Gasteiger partial charge in [0, 0.05) is 5.69 Å². The maximum Gasteiger partial charge on any atom is 0.335 e. The predicted octanol–water partition coefficient (Wildman–Crippen LogP) is 1.83. The molecule has 1 aromatic heterocycles. The molecule has 112 valence electrons. The summed E-state index contributed by atoms with van der Waals surface area (Å²) in [7, 11) is -3.77. The largest absolute Gasteiger partial charge is 0.478 e. The van der Waals surface area contributed by atoms with Gasteiger partial charge in [-0.2, -0.15) is 5.10 Å². The van der Waals surface area contributed by atoms with E-state index in [0.717, 1.165) is 0 Å². The van der Waals surface area contributed by atoms with Gasteiger partial charge in [-0.05, 0) is 44.5 Å². The second-order valence-electron chi connectivity index (χ2n) is 4.70. The van der Waals surface area contributed by atoms with Crippen molar-refractivity contribution in [1.82, 2.24) is 10.2 Å². The zero-order valence-corrected chi connectivity index (χ0v) is 12.6. The van der Waals surface area contributed by atoms with Crippen molar-refractivity contribution in [2.75, 3.05) is 4.72 Å². The van der Waals surface area contributed by atoms with Crippen LogP contribution in [-0.4, -0.2) is 29.7 Å². The van der Waals surface area contributed by atoms with Crippen LogP contribution in [0.25, 0.3) is 0 Å². The monoisotopic (exact) mass is 309 g/mol. The Morgan fingerprint density at radius 1 is 1.29 bits per heavy atom. The molecule has 0 aliphatic heterocycles. The first kappa shape index (κ1) is 15.0. The highest BCUT2D eigenvalue weighted by Crippen LogP contribution is 2.22. The number of aromatic amines is 1. The molecule has 0 atom stereocenters. The van der Waals surface area contributed by atoms with Gasteiger partial charge in [0.2, 0.25) is 0 Å². The number of aromatic carboxylic acids is 1. The number of H-pyrrole nitrogens is 1. The molecule has 21 heavy (non-hydrogen) atoms. The summed E-state index contributed by atoms with van der Waals surface area (Å²) in [6.45, 7) is 4.82. The smallest absolute Gasteiger partial charge is 0.335 e. The highest BCUT2D eigenvalue weighted by Gasteiger charge is 2.22. The summed E-state index contributed by atoms with van der Waals surface area (Å²) < 4.78 is 27.1. The van der Waals surface area contributed by atoms with Gasteiger partial charge in [-0.3, -0.25) is 9.82 Å². The molecule has 0 aliphatic rings. The van der Waals surface area contributed by atoms with Crippen LogP contribution < -0.4 is 4.72 Å². The Bertz CT molecular complexity index is 789. The standard InChI is InChI=1S/C13H15N3O4S/c1-7-6-10(4-5-11(7)13(17)18)16-21(19,20)12-8(2)14-15-9(12)3/h4-6,16H,1-3H3,(H,14,15)(H,17,18). The number of nitrogens with zero attached hydrogens (tertiary/aromatic N) is 1. The van der Waals surface area contributed by atoms with Crippen LogP contribution in [0.15, 0.2) is 23.1 Å². The first-order valence-electron chi connectivity index (χ1n) is 6.10. The van der Waals surface area contributed by atoms with Gasteiger partial charge in [-0.15, -0.1) is 0 Å². The fourth-order valence-corrected chi connectivity index (χ4v) is 3.53. The second-order valence-corrected chi connectivity index (χ2v) is 6.32. The first-order valence-corrected chi connectivity index (χ1v) is 7.59. The molecule has 7 nitrogen and oxygen atoms in total. The molecular formula is C13H15N3O4S. The fourth-order valence-electron chi connectivity index (χ4n) is 2.11. The number of anilines is 1. The number of benzene rings is 1. The molecule has 3 N–H and O–H groups in total. The van der Waals surface area contributed by atoms with Gasteiger partial charge in [0.15, 0.2) is 0 Å². The van der Waals surface area contributed by atoms with Gasteiger partial charge < -0.3 is 5.11 Å². The highest BCUT2D eigenvalue weighted by molar-refractivity contribution is 7.92. The van der Waals surface area contributed by atoms with Gasteiger partial charge >= 0.3 is 5.97 Å². The Morgan fingerprint density at radius 3 is 2.43 bits per heavy atom. The van der Waals surface area contributed by atoms with Crippen molar-refractivity contribution in [3.63, 3.8) is 0 Å². The molecule has 8 heteroatoms. The summed E-state index contributed by atoms with van der Waals surface area (Å²) in [5.41, 5.74) is 1.73. The third-order valence-electron chi connectivity index (χ3n) is 3.04. The zero-order valence-electron chi connectivity index (χ0n) is 11.8. The van der Waals surface area contributed by atoms with Crippen molar-refractivity contribution in [2.24, 2.45) is 0 Å². The summed E-state index contributed by atoms with van der Waals surface area (Å²) in [5.74, 6) is -1.05. The van der Waals surface area contributed by atoms with Crippen LogP contribution in [0.4, 0.5) is 5.69 Å². The Kier molecular flexibility index (Phi) is 3.73. The van der Waals surface area contributed by atoms with Crippen LogP contribution in [0.1, 0.15) is 27.3 Å². The van der Waals surface area contributed by atoms with E-state index in [0.29, 0.717) is 22.6 Å². The molecule has 2 aromatic rings. The van der Waals surface area contributed by atoms with E-state index in [4.69, 9.17) is 5.11 Å². The Labute approximate surface area is 122 Å². The fraction of sp³-hybridized carbons (Fsp3) is 0.231. The molecule has 0 saturated carbocycles. The molecule has 1 heterocycles. The van der Waals surface area contributed by atoms with Crippen LogP contribution in [0.3, 0.4) is 0 Å². The lowest BCUT2D eigenvalue weighted by molar-refractivity contribution is 0.0696. The van der Waals surface area contributed by atoms with Crippen molar-refractivity contribution in [3.05, 3.63) is 40.7 Å². The predicted molar refractivity (Wildman–Crippen MR) is 77.0 cm³/mol. The minimum Gasteiger partial charge on any atom is -0.478 e. The average molecular weight is 309 g/mol. The second kappa shape index (κ2) is 5.21. The minimum absolute atomic E-state index is 0.0995. The lowest BCUT2D eigenvalue weighted by atomic mass is 10.1. The summed E-state index contributed by atoms with van der Waals surface area (Å²) in [4.78, 5) is 11.0. The van der Waals surface area contributed by atoms with Crippen LogP contribution in [0, 0.1) is 20.8 Å². The Morgan fingerprint density at radius 2 is 1.95 bits per heavy atom. The molecule has 0 radical (unpaired) electrons. The Hall–Kier alpha value is -2.35. The van der Waals surface area contributed by atoms with E-state index in [-0.39, 0.29) is 10.5 Å². The molecular weight excluding hydrogens is 294 g/mol. The molecule has 0 spiro atoms. The number of hydrogen-bond donors (Lipinski definition) is 3. The Balaban J connectivity index is 2.38. The van der Waals surface area contributed by atoms with Crippen LogP contribution >= 0.6 is 0 Å². The molecule has 0 saturated heterocycles. The maximum absolute atomic E-state index is 12.3. The molecule has 0 unspecified atom stereocenters. The van der Waals surface area contributed by atoms with Crippen molar-refractivity contribution in [3.8, 4) is 0 Å². The van der Waals surface area contributed by atoms with Crippen LogP contribution in [0.5, 0.6) is 0 Å². The molecule has 0 aliphatic carbocycles. The average Bonchev–Trinajstić information content (AvgIpc) is 2.68. The van der Waals surface area contributed by atoms with E-state index in [2.05, 4.69) is 14.9 Å². The lowest BCUT2D eigenvalue weighted by Crippen LogP contribution is -2.15. The van der Waals surface area contributed by atoms with E-state index < -0.39 is 16.0 Å². The number of aromatic nitrogens is 2. The van der Waals surface area contributed by atoms with E-state index in [1.165, 1.54) is 18.2 Å². The lowest BCUT2D eigenvalue weighted by Gasteiger charge is -2.10. The number of carboxylic acids is 1. The normalized spacial score (nSPS) is 11.4. The SMILES string of the molecule is Cc1cc(NS(=O)(=O)c2c(C)n[nH]c2C)ccc1C(=O)O. The van der Waals surface area contributed by atoms with Gasteiger partial charge in [0.1, 0.15) is 4.90 Å². The topological polar surface area (TPSA) is 112 Å². The minimum atomic E-state index is -3.77. The third kappa shape index (κ3) is 2.89. The van der Waals surface area contributed by atoms with E-state index in [9.17, 15) is 13.2 Å². The third-order valence-corrected chi connectivity index (χ3v) is 4.68. The van der Waals surface area contributed by atoms with E-state index in [1.54, 1.807) is 20.8 Å². The number of hydrogen-bond acceptors (Lipinski definition) is 4. The number of carboxylic acid groups (broad SMARTS) is 1. The van der Waals surface area contributed by atoms with Gasteiger partial charge in [-0.25, -0.2) is 13.2 Å². The van der Waals surface area contributed by atoms with Gasteiger partial charge in [-0.1, -0.05) is 0 Å². The number of sulfonamides is 1. The number of carbonyl (C=O) groups is 1. The summed E-state index contributed by atoms with van der Waals surface area (Å²) in [6, 6.07) is 4.26. The summed E-state index contributed by atoms with van der Waals surface area (Å²) in [6.07, 6.45) is 0. The molecule has 0 amide bonds. The van der Waals surface area contributed by atoms with Crippen molar-refractivity contribution >= 4 is 21.7 Å². The van der Waals surface area contributed by atoms with E-state index in [1.807, 2.05) is 0 Å². The van der Waals surface area contributed by atoms with E-state index >= 15 is 0 Å². The molecule has 1 aromatic carbocycles. The van der Waals surface area contributed by atoms with Crippen molar-refractivity contribution < 1.29 is 18.3 Å².